The van der Waals surface area contributed by atoms with Crippen molar-refractivity contribution in [3.8, 4) is 0 Å². The maximum atomic E-state index is 6.43. The zero-order valence-electron chi connectivity index (χ0n) is 12.9. The van der Waals surface area contributed by atoms with Gasteiger partial charge in [0.1, 0.15) is 0 Å². The minimum Gasteiger partial charge on any atom is -0.368 e. The van der Waals surface area contributed by atoms with Gasteiger partial charge in [-0.1, -0.05) is 13.8 Å². The minimum atomic E-state index is -0.205. The quantitative estimate of drug-likeness (QED) is 0.821. The summed E-state index contributed by atoms with van der Waals surface area (Å²) in [5, 5.41) is 0. The van der Waals surface area contributed by atoms with E-state index in [4.69, 9.17) is 10.5 Å². The molecule has 0 radical (unpaired) electrons. The van der Waals surface area contributed by atoms with E-state index in [1.807, 2.05) is 0 Å². The molecule has 3 heteroatoms. The predicted molar refractivity (Wildman–Crippen MR) is 75.5 cm³/mol. The molecule has 2 rings (SSSR count). The van der Waals surface area contributed by atoms with E-state index in [1.165, 1.54) is 19.5 Å². The van der Waals surface area contributed by atoms with E-state index < -0.39 is 0 Å². The summed E-state index contributed by atoms with van der Waals surface area (Å²) in [4.78, 5) is 2.57. The van der Waals surface area contributed by atoms with Gasteiger partial charge in [0.15, 0.2) is 0 Å². The predicted octanol–water partition coefficient (Wildman–Crippen LogP) is 2.25. The second-order valence-corrected chi connectivity index (χ2v) is 8.09. The van der Waals surface area contributed by atoms with E-state index in [1.54, 1.807) is 0 Å². The molecule has 0 aromatic rings. The summed E-state index contributed by atoms with van der Waals surface area (Å²) in [6.45, 7) is 16.8. The smallest absolute Gasteiger partial charge is 0.0788 e. The lowest BCUT2D eigenvalue weighted by Crippen LogP contribution is -2.48. The molecule has 3 nitrogen and oxygen atoms in total. The van der Waals surface area contributed by atoms with Crippen molar-refractivity contribution in [1.82, 2.24) is 4.90 Å². The SMILES string of the molecule is CC1(C)CCN(CC2C(N)C(C)(C)OC2(C)C)C1. The summed E-state index contributed by atoms with van der Waals surface area (Å²) in [5.41, 5.74) is 6.57. The molecule has 0 bridgehead atoms. The Balaban J connectivity index is 2.05. The molecule has 2 atom stereocenters. The lowest BCUT2D eigenvalue weighted by atomic mass is 9.82. The van der Waals surface area contributed by atoms with Gasteiger partial charge >= 0.3 is 0 Å². The molecular formula is C15H30N2O. The lowest BCUT2D eigenvalue weighted by Gasteiger charge is -2.31. The standard InChI is InChI=1S/C15H30N2O/c1-13(2)7-8-17(10-13)9-11-12(16)15(5,6)18-14(11,3)4/h11-12H,7-10,16H2,1-6H3. The fourth-order valence-corrected chi connectivity index (χ4v) is 3.73. The number of rotatable bonds is 2. The van der Waals surface area contributed by atoms with Crippen molar-refractivity contribution in [2.24, 2.45) is 17.1 Å². The van der Waals surface area contributed by atoms with E-state index in [-0.39, 0.29) is 17.2 Å². The Kier molecular flexibility index (Phi) is 3.33. The van der Waals surface area contributed by atoms with Gasteiger partial charge in [0.2, 0.25) is 0 Å². The molecule has 0 aromatic carbocycles. The molecule has 0 amide bonds. The average molecular weight is 254 g/mol. The van der Waals surface area contributed by atoms with Crippen molar-refractivity contribution < 1.29 is 4.74 Å². The molecule has 2 saturated heterocycles. The highest BCUT2D eigenvalue weighted by atomic mass is 16.5. The summed E-state index contributed by atoms with van der Waals surface area (Å²) in [7, 11) is 0. The van der Waals surface area contributed by atoms with Crippen LogP contribution in [0, 0.1) is 11.3 Å². The third-order valence-electron chi connectivity index (χ3n) is 4.87. The number of hydrogen-bond donors (Lipinski definition) is 1. The van der Waals surface area contributed by atoms with Gasteiger partial charge in [0.05, 0.1) is 11.2 Å². The molecule has 2 fully saturated rings. The first-order chi connectivity index (χ1) is 8.04. The summed E-state index contributed by atoms with van der Waals surface area (Å²) in [6, 6.07) is 0.121. The number of nitrogens with zero attached hydrogens (tertiary/aromatic N) is 1. The van der Waals surface area contributed by atoms with Crippen LogP contribution in [0.5, 0.6) is 0 Å². The Bertz CT molecular complexity index is 322. The monoisotopic (exact) mass is 254 g/mol. The van der Waals surface area contributed by atoms with Crippen molar-refractivity contribution in [1.29, 1.82) is 0 Å². The molecule has 0 saturated carbocycles. The van der Waals surface area contributed by atoms with E-state index in [2.05, 4.69) is 46.4 Å². The number of likely N-dealkylation sites (tertiary alicyclic amines) is 1. The molecule has 18 heavy (non-hydrogen) atoms. The molecule has 2 aliphatic rings. The van der Waals surface area contributed by atoms with Crippen molar-refractivity contribution in [3.05, 3.63) is 0 Å². The summed E-state index contributed by atoms with van der Waals surface area (Å²) < 4.78 is 6.17. The third kappa shape index (κ3) is 2.59. The maximum Gasteiger partial charge on any atom is 0.0788 e. The van der Waals surface area contributed by atoms with Crippen LogP contribution >= 0.6 is 0 Å². The van der Waals surface area contributed by atoms with Gasteiger partial charge in [0, 0.05) is 25.0 Å². The third-order valence-corrected chi connectivity index (χ3v) is 4.87. The molecular weight excluding hydrogens is 224 g/mol. The Morgan fingerprint density at radius 3 is 2.11 bits per heavy atom. The number of nitrogens with two attached hydrogens (primary N) is 1. The van der Waals surface area contributed by atoms with Crippen molar-refractivity contribution in [2.75, 3.05) is 19.6 Å². The zero-order valence-corrected chi connectivity index (χ0v) is 12.9. The first kappa shape index (κ1) is 14.3. The largest absolute Gasteiger partial charge is 0.368 e. The van der Waals surface area contributed by atoms with E-state index in [9.17, 15) is 0 Å². The molecule has 106 valence electrons. The Hall–Kier alpha value is -0.120. The summed E-state index contributed by atoms with van der Waals surface area (Å²) >= 11 is 0. The van der Waals surface area contributed by atoms with Crippen molar-refractivity contribution in [3.63, 3.8) is 0 Å². The van der Waals surface area contributed by atoms with Crippen LogP contribution in [-0.4, -0.2) is 41.8 Å². The van der Waals surface area contributed by atoms with Crippen molar-refractivity contribution >= 4 is 0 Å². The molecule has 2 unspecified atom stereocenters. The van der Waals surface area contributed by atoms with Crippen LogP contribution in [0.2, 0.25) is 0 Å². The summed E-state index contributed by atoms with van der Waals surface area (Å²) in [5.74, 6) is 0.418. The van der Waals surface area contributed by atoms with Crippen LogP contribution in [0.15, 0.2) is 0 Å². The van der Waals surface area contributed by atoms with Gasteiger partial charge in [-0.25, -0.2) is 0 Å². The van der Waals surface area contributed by atoms with Crippen LogP contribution in [0.4, 0.5) is 0 Å². The van der Waals surface area contributed by atoms with E-state index in [0.29, 0.717) is 11.3 Å². The number of ether oxygens (including phenoxy) is 1. The normalized spacial score (nSPS) is 38.2. The highest BCUT2D eigenvalue weighted by Gasteiger charge is 2.52. The van der Waals surface area contributed by atoms with Gasteiger partial charge in [-0.05, 0) is 46.1 Å². The average Bonchev–Trinajstić information content (AvgIpc) is 2.57. The summed E-state index contributed by atoms with van der Waals surface area (Å²) in [6.07, 6.45) is 1.29. The van der Waals surface area contributed by atoms with E-state index in [0.717, 1.165) is 6.54 Å². The van der Waals surface area contributed by atoms with Crippen LogP contribution in [0.1, 0.15) is 48.0 Å². The van der Waals surface area contributed by atoms with Crippen molar-refractivity contribution in [2.45, 2.75) is 65.2 Å². The first-order valence-electron chi connectivity index (χ1n) is 7.22. The van der Waals surface area contributed by atoms with E-state index >= 15 is 0 Å². The maximum absolute atomic E-state index is 6.43. The van der Waals surface area contributed by atoms with Gasteiger partial charge in [0.25, 0.3) is 0 Å². The van der Waals surface area contributed by atoms with Gasteiger partial charge in [-0.15, -0.1) is 0 Å². The molecule has 2 N–H and O–H groups in total. The van der Waals surface area contributed by atoms with Crippen LogP contribution in [0.3, 0.4) is 0 Å². The first-order valence-corrected chi connectivity index (χ1v) is 7.22. The Morgan fingerprint density at radius 1 is 1.11 bits per heavy atom. The zero-order chi connectivity index (χ0) is 13.8. The molecule has 0 aromatic heterocycles. The topological polar surface area (TPSA) is 38.5 Å². The highest BCUT2D eigenvalue weighted by molar-refractivity contribution is 5.05. The number of hydrogen-bond acceptors (Lipinski definition) is 3. The fraction of sp³-hybridized carbons (Fsp3) is 1.00. The molecule has 0 spiro atoms. The molecule has 0 aliphatic carbocycles. The van der Waals surface area contributed by atoms with Gasteiger partial charge < -0.3 is 15.4 Å². The molecule has 2 aliphatic heterocycles. The van der Waals surface area contributed by atoms with Crippen LogP contribution < -0.4 is 5.73 Å². The second kappa shape index (κ2) is 4.19. The fourth-order valence-electron chi connectivity index (χ4n) is 3.73. The Labute approximate surface area is 112 Å². The van der Waals surface area contributed by atoms with Gasteiger partial charge in [-0.2, -0.15) is 0 Å². The second-order valence-electron chi connectivity index (χ2n) is 8.09. The molecule has 2 heterocycles. The minimum absolute atomic E-state index is 0.115. The van der Waals surface area contributed by atoms with Gasteiger partial charge in [-0.3, -0.25) is 0 Å². The Morgan fingerprint density at radius 2 is 1.72 bits per heavy atom. The highest BCUT2D eigenvalue weighted by Crippen LogP contribution is 2.42. The lowest BCUT2D eigenvalue weighted by molar-refractivity contribution is -0.0782. The van der Waals surface area contributed by atoms with Crippen LogP contribution in [-0.2, 0) is 4.74 Å². The van der Waals surface area contributed by atoms with Crippen LogP contribution in [0.25, 0.3) is 0 Å².